The van der Waals surface area contributed by atoms with E-state index in [4.69, 9.17) is 15.9 Å². The van der Waals surface area contributed by atoms with Gasteiger partial charge < -0.3 is 37.0 Å². The Morgan fingerprint density at radius 1 is 0.871 bits per heavy atom. The number of hydrogen-bond acceptors (Lipinski definition) is 7. The van der Waals surface area contributed by atoms with Crippen LogP contribution >= 0.6 is 0 Å². The number of benzene rings is 1. The normalized spacial score (nSPS) is 14.4. The number of carbonyl (C=O) groups is 5. The van der Waals surface area contributed by atoms with Crippen molar-refractivity contribution in [2.45, 2.75) is 50.9 Å². The first-order valence-corrected chi connectivity index (χ1v) is 9.30. The van der Waals surface area contributed by atoms with E-state index in [1.165, 1.54) is 26.0 Å². The summed E-state index contributed by atoms with van der Waals surface area (Å²) < 4.78 is 0. The summed E-state index contributed by atoms with van der Waals surface area (Å²) in [4.78, 5) is 58.7. The van der Waals surface area contributed by atoms with Crippen LogP contribution in [-0.4, -0.2) is 69.1 Å². The first kappa shape index (κ1) is 25.4. The van der Waals surface area contributed by atoms with Gasteiger partial charge in [0.05, 0.1) is 12.5 Å². The summed E-state index contributed by atoms with van der Waals surface area (Å²) in [7, 11) is 0. The van der Waals surface area contributed by atoms with Crippen LogP contribution in [0, 0.1) is 0 Å². The maximum atomic E-state index is 12.7. The molecular formula is C19H26N4O8. The van der Waals surface area contributed by atoms with Crippen LogP contribution in [0.3, 0.4) is 0 Å². The number of aliphatic carboxylic acids is 2. The Morgan fingerprint density at radius 2 is 1.42 bits per heavy atom. The number of phenolic OH excluding ortho intramolecular Hbond substituents is 1. The molecule has 12 nitrogen and oxygen atoms in total. The summed E-state index contributed by atoms with van der Waals surface area (Å²) in [5, 5.41) is 34.0. The molecule has 0 bridgehead atoms. The van der Waals surface area contributed by atoms with Crippen LogP contribution in [0.1, 0.15) is 25.8 Å². The number of phenols is 1. The minimum absolute atomic E-state index is 0.0176. The van der Waals surface area contributed by atoms with Gasteiger partial charge in [0, 0.05) is 6.42 Å². The van der Waals surface area contributed by atoms with E-state index in [1.807, 2.05) is 5.32 Å². The van der Waals surface area contributed by atoms with Crippen LogP contribution in [-0.2, 0) is 30.4 Å². The van der Waals surface area contributed by atoms with Gasteiger partial charge in [-0.25, -0.2) is 4.79 Å². The van der Waals surface area contributed by atoms with Crippen LogP contribution in [0.25, 0.3) is 0 Å². The molecule has 4 unspecified atom stereocenters. The molecule has 0 fully saturated rings. The average Bonchev–Trinajstić information content (AvgIpc) is 2.67. The average molecular weight is 438 g/mol. The Morgan fingerprint density at radius 3 is 1.90 bits per heavy atom. The van der Waals surface area contributed by atoms with Gasteiger partial charge in [-0.15, -0.1) is 0 Å². The van der Waals surface area contributed by atoms with Crippen LogP contribution < -0.4 is 21.7 Å². The van der Waals surface area contributed by atoms with Crippen molar-refractivity contribution in [2.75, 3.05) is 0 Å². The predicted molar refractivity (Wildman–Crippen MR) is 107 cm³/mol. The van der Waals surface area contributed by atoms with Crippen molar-refractivity contribution in [3.63, 3.8) is 0 Å². The zero-order valence-corrected chi connectivity index (χ0v) is 17.0. The lowest BCUT2D eigenvalue weighted by Crippen LogP contribution is -2.56. The number of nitrogens with two attached hydrogens (primary N) is 1. The fraction of sp³-hybridized carbons (Fsp3) is 0.421. The Bertz CT molecular complexity index is 825. The second kappa shape index (κ2) is 11.5. The molecule has 1 aromatic rings. The topological polar surface area (TPSA) is 208 Å². The van der Waals surface area contributed by atoms with Gasteiger partial charge in [-0.1, -0.05) is 12.1 Å². The standard InChI is InChI=1S/C19H26N4O8/c1-9(20)16(27)22-13(7-11-3-5-12(24)6-4-11)18(29)21-10(2)17(28)23-14(19(30)31)8-15(25)26/h3-6,9-10,13-14,24H,7-8,20H2,1-2H3,(H,21,29)(H,22,27)(H,23,28)(H,25,26)(H,30,31). The van der Waals surface area contributed by atoms with Crippen molar-refractivity contribution in [1.29, 1.82) is 0 Å². The first-order valence-electron chi connectivity index (χ1n) is 9.30. The highest BCUT2D eigenvalue weighted by molar-refractivity contribution is 5.94. The third-order valence-electron chi connectivity index (χ3n) is 4.17. The zero-order chi connectivity index (χ0) is 23.7. The number of nitrogens with one attached hydrogen (secondary N) is 3. The number of aromatic hydroxyl groups is 1. The van der Waals surface area contributed by atoms with E-state index >= 15 is 0 Å². The van der Waals surface area contributed by atoms with E-state index in [-0.39, 0.29) is 12.2 Å². The molecular weight excluding hydrogens is 412 g/mol. The highest BCUT2D eigenvalue weighted by atomic mass is 16.4. The molecule has 1 aromatic carbocycles. The number of rotatable bonds is 11. The lowest BCUT2D eigenvalue weighted by molar-refractivity contribution is -0.147. The molecule has 0 saturated carbocycles. The van der Waals surface area contributed by atoms with Gasteiger partial charge in [-0.3, -0.25) is 19.2 Å². The van der Waals surface area contributed by atoms with Gasteiger partial charge in [0.25, 0.3) is 0 Å². The molecule has 8 N–H and O–H groups in total. The van der Waals surface area contributed by atoms with Crippen LogP contribution in [0.2, 0.25) is 0 Å². The predicted octanol–water partition coefficient (Wildman–Crippen LogP) is -1.68. The van der Waals surface area contributed by atoms with Crippen molar-refractivity contribution >= 4 is 29.7 Å². The van der Waals surface area contributed by atoms with Crippen LogP contribution in [0.15, 0.2) is 24.3 Å². The Kier molecular flexibility index (Phi) is 9.41. The molecule has 12 heteroatoms. The van der Waals surface area contributed by atoms with E-state index in [0.717, 1.165) is 0 Å². The molecule has 170 valence electrons. The second-order valence-electron chi connectivity index (χ2n) is 6.95. The number of carboxylic acids is 2. The van der Waals surface area contributed by atoms with Crippen LogP contribution in [0.5, 0.6) is 5.75 Å². The van der Waals surface area contributed by atoms with Gasteiger partial charge in [0.15, 0.2) is 0 Å². The lowest BCUT2D eigenvalue weighted by atomic mass is 10.0. The number of hydrogen-bond donors (Lipinski definition) is 7. The quantitative estimate of drug-likeness (QED) is 0.210. The SMILES string of the molecule is CC(N)C(=O)NC(Cc1ccc(O)cc1)C(=O)NC(C)C(=O)NC(CC(=O)O)C(=O)O. The van der Waals surface area contributed by atoms with Crippen molar-refractivity contribution in [3.05, 3.63) is 29.8 Å². The summed E-state index contributed by atoms with van der Waals surface area (Å²) in [6.07, 6.45) is -0.814. The summed E-state index contributed by atoms with van der Waals surface area (Å²) in [5.74, 6) is -5.20. The summed E-state index contributed by atoms with van der Waals surface area (Å²) in [6.45, 7) is 2.70. The summed E-state index contributed by atoms with van der Waals surface area (Å²) in [6, 6.07) is 0.994. The second-order valence-corrected chi connectivity index (χ2v) is 6.95. The Labute approximate surface area is 177 Å². The van der Waals surface area contributed by atoms with Gasteiger partial charge in [0.1, 0.15) is 23.9 Å². The summed E-state index contributed by atoms with van der Waals surface area (Å²) in [5.41, 5.74) is 6.13. The molecule has 0 heterocycles. The minimum Gasteiger partial charge on any atom is -0.508 e. The maximum Gasteiger partial charge on any atom is 0.326 e. The highest BCUT2D eigenvalue weighted by Gasteiger charge is 2.29. The molecule has 3 amide bonds. The Hall–Kier alpha value is -3.67. The van der Waals surface area contributed by atoms with Gasteiger partial charge in [-0.05, 0) is 31.5 Å². The van der Waals surface area contributed by atoms with E-state index in [2.05, 4.69) is 10.6 Å². The first-order chi connectivity index (χ1) is 14.4. The highest BCUT2D eigenvalue weighted by Crippen LogP contribution is 2.11. The van der Waals surface area contributed by atoms with Crippen molar-refractivity contribution in [1.82, 2.24) is 16.0 Å². The van der Waals surface area contributed by atoms with Gasteiger partial charge in [0.2, 0.25) is 17.7 Å². The zero-order valence-electron chi connectivity index (χ0n) is 17.0. The van der Waals surface area contributed by atoms with Crippen LogP contribution in [0.4, 0.5) is 0 Å². The maximum absolute atomic E-state index is 12.7. The van der Waals surface area contributed by atoms with Gasteiger partial charge in [-0.2, -0.15) is 0 Å². The number of carbonyl (C=O) groups excluding carboxylic acids is 3. The van der Waals surface area contributed by atoms with E-state index < -0.39 is 60.2 Å². The molecule has 0 saturated heterocycles. The van der Waals surface area contributed by atoms with E-state index in [1.54, 1.807) is 12.1 Å². The van der Waals surface area contributed by atoms with Crippen molar-refractivity contribution in [2.24, 2.45) is 5.73 Å². The third kappa shape index (κ3) is 8.70. The van der Waals surface area contributed by atoms with Crippen molar-refractivity contribution in [3.8, 4) is 5.75 Å². The largest absolute Gasteiger partial charge is 0.508 e. The fourth-order valence-corrected chi connectivity index (χ4v) is 2.43. The van der Waals surface area contributed by atoms with Crippen molar-refractivity contribution < 1.29 is 39.3 Å². The number of carboxylic acid groups (broad SMARTS) is 2. The summed E-state index contributed by atoms with van der Waals surface area (Å²) >= 11 is 0. The van der Waals surface area contributed by atoms with E-state index in [0.29, 0.717) is 5.56 Å². The third-order valence-corrected chi connectivity index (χ3v) is 4.17. The molecule has 0 aliphatic rings. The van der Waals surface area contributed by atoms with E-state index in [9.17, 15) is 29.1 Å². The Balaban J connectivity index is 2.88. The lowest BCUT2D eigenvalue weighted by Gasteiger charge is -2.23. The fourth-order valence-electron chi connectivity index (χ4n) is 2.43. The molecule has 4 atom stereocenters. The smallest absolute Gasteiger partial charge is 0.326 e. The molecule has 0 aliphatic heterocycles. The minimum atomic E-state index is -1.67. The monoisotopic (exact) mass is 438 g/mol. The molecule has 0 radical (unpaired) electrons. The molecule has 0 aliphatic carbocycles. The van der Waals surface area contributed by atoms with Gasteiger partial charge >= 0.3 is 11.9 Å². The molecule has 31 heavy (non-hydrogen) atoms. The molecule has 0 spiro atoms. The molecule has 1 rings (SSSR count). The number of amides is 3. The molecule has 0 aromatic heterocycles.